The van der Waals surface area contributed by atoms with Crippen LogP contribution in [0.25, 0.3) is 0 Å². The summed E-state index contributed by atoms with van der Waals surface area (Å²) in [6.45, 7) is 10.7. The number of nitrogens with one attached hydrogen (secondary N) is 2. The molecule has 8 nitrogen and oxygen atoms in total. The first-order chi connectivity index (χ1) is 11.2. The monoisotopic (exact) mass is 357 g/mol. The van der Waals surface area contributed by atoms with E-state index in [4.69, 9.17) is 0 Å². The van der Waals surface area contributed by atoms with E-state index >= 15 is 0 Å². The van der Waals surface area contributed by atoms with Crippen molar-refractivity contribution in [2.75, 3.05) is 13.1 Å². The molecule has 0 saturated carbocycles. The lowest BCUT2D eigenvalue weighted by atomic mass is 9.81. The third-order valence-corrected chi connectivity index (χ3v) is 3.95. The normalized spacial score (nSPS) is 24.2. The first kappa shape index (κ1) is 21.4. The van der Waals surface area contributed by atoms with Crippen LogP contribution in [0, 0.1) is 5.41 Å². The number of hydrogen-bond acceptors (Lipinski definition) is 5. The smallest absolute Gasteiger partial charge is 0.246 e. The van der Waals surface area contributed by atoms with Crippen LogP contribution in [0.4, 0.5) is 0 Å². The minimum absolute atomic E-state index is 0.0223. The minimum Gasteiger partial charge on any atom is -0.388 e. The topological polar surface area (TPSA) is 119 Å². The number of rotatable bonds is 5. The van der Waals surface area contributed by atoms with E-state index < -0.39 is 35.6 Å². The molecule has 3 amide bonds. The summed E-state index contributed by atoms with van der Waals surface area (Å²) < 4.78 is 0. The van der Waals surface area contributed by atoms with Crippen molar-refractivity contribution in [1.82, 2.24) is 15.5 Å². The van der Waals surface area contributed by atoms with Crippen LogP contribution in [0.15, 0.2) is 0 Å². The Labute approximate surface area is 149 Å². The van der Waals surface area contributed by atoms with E-state index in [0.29, 0.717) is 6.42 Å². The predicted molar refractivity (Wildman–Crippen MR) is 92.5 cm³/mol. The standard InChI is InChI=1S/C17H31N3O5/c1-10(21)18-7-12(23)20-8-11(22)14(24)13(20)15(25)19-17(5,6)9-16(2,3)4/h11,13-14,22,24H,7-9H2,1-6H3,(H,18,21)(H,19,25)/t11-,13-,14-/m0/s1. The van der Waals surface area contributed by atoms with Gasteiger partial charge >= 0.3 is 0 Å². The van der Waals surface area contributed by atoms with Crippen LogP contribution in [0.1, 0.15) is 48.0 Å². The fourth-order valence-corrected chi connectivity index (χ4v) is 3.45. The minimum atomic E-state index is -1.37. The fourth-order valence-electron chi connectivity index (χ4n) is 3.45. The molecule has 0 aromatic heterocycles. The van der Waals surface area contributed by atoms with Crippen LogP contribution in [-0.2, 0) is 14.4 Å². The van der Waals surface area contributed by atoms with Crippen molar-refractivity contribution in [2.45, 2.75) is 71.8 Å². The number of likely N-dealkylation sites (tertiary alicyclic amines) is 1. The molecule has 0 unspecified atom stereocenters. The molecule has 3 atom stereocenters. The maximum absolute atomic E-state index is 12.7. The van der Waals surface area contributed by atoms with Gasteiger partial charge in [-0.2, -0.15) is 0 Å². The summed E-state index contributed by atoms with van der Waals surface area (Å²) in [5.74, 6) is -1.42. The Bertz CT molecular complexity index is 527. The number of β-amino-alcohol motifs (C(OH)–C–C–N with tert-alkyl or cyclic N) is 1. The lowest BCUT2D eigenvalue weighted by molar-refractivity contribution is -0.141. The molecular formula is C17H31N3O5. The van der Waals surface area contributed by atoms with Crippen LogP contribution in [0.5, 0.6) is 0 Å². The number of amides is 3. The molecule has 0 bridgehead atoms. The molecule has 1 rings (SSSR count). The van der Waals surface area contributed by atoms with Gasteiger partial charge in [-0.15, -0.1) is 0 Å². The lowest BCUT2D eigenvalue weighted by Crippen LogP contribution is -2.57. The highest BCUT2D eigenvalue weighted by atomic mass is 16.3. The van der Waals surface area contributed by atoms with Crippen molar-refractivity contribution >= 4 is 17.7 Å². The molecule has 1 aliphatic rings. The van der Waals surface area contributed by atoms with E-state index in [2.05, 4.69) is 31.4 Å². The number of nitrogens with zero attached hydrogens (tertiary/aromatic N) is 1. The Morgan fingerprint density at radius 2 is 1.68 bits per heavy atom. The number of carbonyl (C=O) groups is 3. The van der Waals surface area contributed by atoms with Crippen molar-refractivity contribution in [2.24, 2.45) is 5.41 Å². The molecule has 8 heteroatoms. The number of aliphatic hydroxyl groups is 2. The molecule has 1 heterocycles. The zero-order chi connectivity index (χ0) is 19.6. The molecule has 1 saturated heterocycles. The van der Waals surface area contributed by atoms with Crippen molar-refractivity contribution in [3.63, 3.8) is 0 Å². The van der Waals surface area contributed by atoms with Crippen LogP contribution >= 0.6 is 0 Å². The Kier molecular flexibility index (Phi) is 6.58. The Morgan fingerprint density at radius 1 is 1.12 bits per heavy atom. The predicted octanol–water partition coefficient (Wildman–Crippen LogP) is -0.614. The van der Waals surface area contributed by atoms with E-state index in [-0.39, 0.29) is 24.4 Å². The maximum Gasteiger partial charge on any atom is 0.246 e. The van der Waals surface area contributed by atoms with E-state index in [1.165, 1.54) is 6.92 Å². The second-order valence-electron chi connectivity index (χ2n) is 8.57. The van der Waals surface area contributed by atoms with E-state index in [1.54, 1.807) is 0 Å². The first-order valence-corrected chi connectivity index (χ1v) is 8.45. The molecule has 0 spiro atoms. The summed E-state index contributed by atoms with van der Waals surface area (Å²) in [6, 6.07) is -1.18. The van der Waals surface area contributed by atoms with Crippen LogP contribution in [0.2, 0.25) is 0 Å². The molecule has 144 valence electrons. The van der Waals surface area contributed by atoms with E-state index in [1.807, 2.05) is 13.8 Å². The van der Waals surface area contributed by atoms with Gasteiger partial charge in [0.2, 0.25) is 17.7 Å². The van der Waals surface area contributed by atoms with Crippen LogP contribution in [0.3, 0.4) is 0 Å². The average Bonchev–Trinajstić information content (AvgIpc) is 2.68. The highest BCUT2D eigenvalue weighted by Crippen LogP contribution is 2.28. The molecule has 0 radical (unpaired) electrons. The van der Waals surface area contributed by atoms with Gasteiger partial charge < -0.3 is 25.7 Å². The molecule has 4 N–H and O–H groups in total. The largest absolute Gasteiger partial charge is 0.388 e. The van der Waals surface area contributed by atoms with Gasteiger partial charge in [0, 0.05) is 12.5 Å². The van der Waals surface area contributed by atoms with Crippen LogP contribution in [-0.4, -0.2) is 69.7 Å². The maximum atomic E-state index is 12.7. The van der Waals surface area contributed by atoms with Gasteiger partial charge in [0.05, 0.1) is 19.2 Å². The lowest BCUT2D eigenvalue weighted by Gasteiger charge is -2.35. The van der Waals surface area contributed by atoms with Gasteiger partial charge in [-0.1, -0.05) is 20.8 Å². The summed E-state index contributed by atoms with van der Waals surface area (Å²) in [5.41, 5.74) is -0.569. The first-order valence-electron chi connectivity index (χ1n) is 8.45. The fraction of sp³-hybridized carbons (Fsp3) is 0.824. The third kappa shape index (κ3) is 6.28. The SMILES string of the molecule is CC(=O)NCC(=O)N1C[C@H](O)[C@H](O)[C@H]1C(=O)NC(C)(C)CC(C)(C)C. The van der Waals surface area contributed by atoms with Gasteiger partial charge in [0.25, 0.3) is 0 Å². The average molecular weight is 357 g/mol. The summed E-state index contributed by atoms with van der Waals surface area (Å²) in [7, 11) is 0. The van der Waals surface area contributed by atoms with Gasteiger partial charge in [-0.05, 0) is 25.7 Å². The zero-order valence-corrected chi connectivity index (χ0v) is 15.9. The molecule has 0 aromatic rings. The zero-order valence-electron chi connectivity index (χ0n) is 15.9. The van der Waals surface area contributed by atoms with Crippen molar-refractivity contribution in [3.8, 4) is 0 Å². The number of hydrogen-bond donors (Lipinski definition) is 4. The van der Waals surface area contributed by atoms with Crippen molar-refractivity contribution in [3.05, 3.63) is 0 Å². The van der Waals surface area contributed by atoms with Crippen molar-refractivity contribution in [1.29, 1.82) is 0 Å². The van der Waals surface area contributed by atoms with Crippen molar-refractivity contribution < 1.29 is 24.6 Å². The number of carbonyl (C=O) groups excluding carboxylic acids is 3. The summed E-state index contributed by atoms with van der Waals surface area (Å²) >= 11 is 0. The summed E-state index contributed by atoms with van der Waals surface area (Å²) in [6.07, 6.45) is -1.88. The summed E-state index contributed by atoms with van der Waals surface area (Å²) in [4.78, 5) is 37.0. The summed E-state index contributed by atoms with van der Waals surface area (Å²) in [5, 5.41) is 25.3. The highest BCUT2D eigenvalue weighted by molar-refractivity contribution is 5.91. The Hall–Kier alpha value is -1.67. The second kappa shape index (κ2) is 7.70. The molecule has 1 aliphatic heterocycles. The molecule has 1 fully saturated rings. The number of aliphatic hydroxyl groups excluding tert-OH is 2. The van der Waals surface area contributed by atoms with E-state index in [0.717, 1.165) is 4.90 Å². The highest BCUT2D eigenvalue weighted by Gasteiger charge is 2.47. The molecule has 0 aliphatic carbocycles. The van der Waals surface area contributed by atoms with Crippen LogP contribution < -0.4 is 10.6 Å². The molecule has 25 heavy (non-hydrogen) atoms. The van der Waals surface area contributed by atoms with Gasteiger partial charge in [0.1, 0.15) is 12.1 Å². The Morgan fingerprint density at radius 3 is 2.16 bits per heavy atom. The quantitative estimate of drug-likeness (QED) is 0.523. The second-order valence-corrected chi connectivity index (χ2v) is 8.57. The third-order valence-electron chi connectivity index (χ3n) is 3.95. The Balaban J connectivity index is 2.88. The molecule has 0 aromatic carbocycles. The van der Waals surface area contributed by atoms with E-state index in [9.17, 15) is 24.6 Å². The van der Waals surface area contributed by atoms with Gasteiger partial charge in [-0.25, -0.2) is 0 Å². The molecular weight excluding hydrogens is 326 g/mol. The van der Waals surface area contributed by atoms with Gasteiger partial charge in [-0.3, -0.25) is 14.4 Å². The van der Waals surface area contributed by atoms with Gasteiger partial charge in [0.15, 0.2) is 0 Å².